The van der Waals surface area contributed by atoms with Crippen molar-refractivity contribution in [2.24, 2.45) is 17.8 Å². The van der Waals surface area contributed by atoms with Crippen molar-refractivity contribution in [1.82, 2.24) is 0 Å². The SMILES string of the molecule is CCC(=O)[C@@H]1C[C@@H]2C=C[C@H]1C2. The first-order chi connectivity index (χ1) is 5.31. The maximum Gasteiger partial charge on any atom is 0.136 e. The minimum atomic E-state index is 0.384. The molecule has 3 atom stereocenters. The zero-order valence-corrected chi connectivity index (χ0v) is 6.92. The maximum atomic E-state index is 11.4. The Balaban J connectivity index is 2.08. The molecule has 2 aliphatic carbocycles. The van der Waals surface area contributed by atoms with E-state index in [2.05, 4.69) is 12.2 Å². The Bertz CT molecular complexity index is 205. The summed E-state index contributed by atoms with van der Waals surface area (Å²) in [6, 6.07) is 0. The quantitative estimate of drug-likeness (QED) is 0.551. The molecule has 0 spiro atoms. The molecule has 0 aromatic heterocycles. The number of carbonyl (C=O) groups excluding carboxylic acids is 1. The molecule has 1 heteroatoms. The first kappa shape index (κ1) is 7.08. The number of fused-ring (bicyclic) bond motifs is 2. The molecule has 0 N–H and O–H groups in total. The lowest BCUT2D eigenvalue weighted by atomic mass is 9.89. The molecular formula is C10H14O. The van der Waals surface area contributed by atoms with Crippen molar-refractivity contribution in [2.75, 3.05) is 0 Å². The van der Waals surface area contributed by atoms with Crippen LogP contribution in [0.5, 0.6) is 0 Å². The molecule has 2 aliphatic rings. The summed E-state index contributed by atoms with van der Waals surface area (Å²) in [6.07, 6.45) is 7.63. The van der Waals surface area contributed by atoms with Gasteiger partial charge in [0.25, 0.3) is 0 Å². The van der Waals surface area contributed by atoms with Crippen molar-refractivity contribution in [3.05, 3.63) is 12.2 Å². The van der Waals surface area contributed by atoms with Crippen LogP contribution in [0.2, 0.25) is 0 Å². The van der Waals surface area contributed by atoms with Gasteiger partial charge >= 0.3 is 0 Å². The second-order valence-corrected chi connectivity index (χ2v) is 3.71. The van der Waals surface area contributed by atoms with Crippen molar-refractivity contribution < 1.29 is 4.79 Å². The van der Waals surface area contributed by atoms with Crippen LogP contribution in [0, 0.1) is 17.8 Å². The lowest BCUT2D eigenvalue weighted by molar-refractivity contribution is -0.123. The van der Waals surface area contributed by atoms with E-state index in [9.17, 15) is 4.79 Å². The van der Waals surface area contributed by atoms with Gasteiger partial charge in [0.15, 0.2) is 0 Å². The molecule has 0 aromatic rings. The number of hydrogen-bond donors (Lipinski definition) is 0. The molecule has 1 fully saturated rings. The summed E-state index contributed by atoms with van der Waals surface area (Å²) in [5, 5.41) is 0. The Hall–Kier alpha value is -0.590. The molecule has 0 amide bonds. The highest BCUT2D eigenvalue weighted by Crippen LogP contribution is 2.43. The highest BCUT2D eigenvalue weighted by Gasteiger charge is 2.38. The van der Waals surface area contributed by atoms with Crippen LogP contribution >= 0.6 is 0 Å². The third kappa shape index (κ3) is 1.03. The zero-order valence-electron chi connectivity index (χ0n) is 6.92. The predicted octanol–water partition coefficient (Wildman–Crippen LogP) is 2.18. The highest BCUT2D eigenvalue weighted by molar-refractivity contribution is 5.81. The van der Waals surface area contributed by atoms with Gasteiger partial charge in [0.05, 0.1) is 0 Å². The smallest absolute Gasteiger partial charge is 0.136 e. The second-order valence-electron chi connectivity index (χ2n) is 3.71. The molecule has 11 heavy (non-hydrogen) atoms. The van der Waals surface area contributed by atoms with Crippen molar-refractivity contribution in [1.29, 1.82) is 0 Å². The normalized spacial score (nSPS) is 39.9. The van der Waals surface area contributed by atoms with Gasteiger partial charge in [-0.15, -0.1) is 0 Å². The van der Waals surface area contributed by atoms with E-state index in [0.717, 1.165) is 18.8 Å². The van der Waals surface area contributed by atoms with Crippen molar-refractivity contribution >= 4 is 5.78 Å². The van der Waals surface area contributed by atoms with Crippen LogP contribution in [0.1, 0.15) is 26.2 Å². The molecule has 0 saturated heterocycles. The van der Waals surface area contributed by atoms with Crippen LogP contribution in [-0.2, 0) is 4.79 Å². The summed E-state index contributed by atoms with van der Waals surface area (Å²) >= 11 is 0. The third-order valence-corrected chi connectivity index (χ3v) is 3.04. The van der Waals surface area contributed by atoms with E-state index in [4.69, 9.17) is 0 Å². The molecule has 0 radical (unpaired) electrons. The summed E-state index contributed by atoms with van der Waals surface area (Å²) in [4.78, 5) is 11.4. The summed E-state index contributed by atoms with van der Waals surface area (Å²) < 4.78 is 0. The van der Waals surface area contributed by atoms with Crippen LogP contribution in [0.3, 0.4) is 0 Å². The molecule has 1 nitrogen and oxygen atoms in total. The van der Waals surface area contributed by atoms with Gasteiger partial charge in [-0.3, -0.25) is 4.79 Å². The van der Waals surface area contributed by atoms with Gasteiger partial charge in [0, 0.05) is 12.3 Å². The van der Waals surface area contributed by atoms with Gasteiger partial charge in [-0.1, -0.05) is 19.1 Å². The fourth-order valence-corrected chi connectivity index (χ4v) is 2.41. The van der Waals surface area contributed by atoms with Gasteiger partial charge in [0.2, 0.25) is 0 Å². The van der Waals surface area contributed by atoms with Gasteiger partial charge in [-0.05, 0) is 24.7 Å². The minimum Gasteiger partial charge on any atom is -0.299 e. The number of hydrogen-bond acceptors (Lipinski definition) is 1. The average Bonchev–Trinajstić information content (AvgIpc) is 2.62. The minimum absolute atomic E-state index is 0.384. The average molecular weight is 150 g/mol. The number of allylic oxidation sites excluding steroid dienone is 2. The Kier molecular flexibility index (Phi) is 1.59. The fraction of sp³-hybridized carbons (Fsp3) is 0.700. The van der Waals surface area contributed by atoms with Crippen LogP contribution in [0.15, 0.2) is 12.2 Å². The third-order valence-electron chi connectivity index (χ3n) is 3.04. The Morgan fingerprint density at radius 3 is 2.73 bits per heavy atom. The standard InChI is InChI=1S/C10H14O/c1-2-10(11)9-6-7-3-4-8(9)5-7/h3-4,7-9H,2,5-6H2,1H3/t7-,8+,9-/m1/s1. The van der Waals surface area contributed by atoms with E-state index in [1.807, 2.05) is 6.92 Å². The van der Waals surface area contributed by atoms with E-state index in [-0.39, 0.29) is 0 Å². The van der Waals surface area contributed by atoms with Gasteiger partial charge in [0.1, 0.15) is 5.78 Å². The second kappa shape index (κ2) is 2.47. The van der Waals surface area contributed by atoms with Crippen molar-refractivity contribution in [3.63, 3.8) is 0 Å². The van der Waals surface area contributed by atoms with Gasteiger partial charge in [-0.2, -0.15) is 0 Å². The van der Waals surface area contributed by atoms with E-state index in [0.29, 0.717) is 17.6 Å². The van der Waals surface area contributed by atoms with E-state index >= 15 is 0 Å². The van der Waals surface area contributed by atoms with E-state index in [1.54, 1.807) is 0 Å². The molecule has 1 saturated carbocycles. The van der Waals surface area contributed by atoms with E-state index < -0.39 is 0 Å². The number of Topliss-reactive ketones (excluding diaryl/α,β-unsaturated/α-hetero) is 1. The highest BCUT2D eigenvalue weighted by atomic mass is 16.1. The van der Waals surface area contributed by atoms with E-state index in [1.165, 1.54) is 6.42 Å². The summed E-state index contributed by atoms with van der Waals surface area (Å²) in [7, 11) is 0. The Morgan fingerprint density at radius 2 is 2.27 bits per heavy atom. The van der Waals surface area contributed by atoms with Gasteiger partial charge < -0.3 is 0 Å². The topological polar surface area (TPSA) is 17.1 Å². The van der Waals surface area contributed by atoms with Crippen LogP contribution in [0.4, 0.5) is 0 Å². The molecule has 60 valence electrons. The molecule has 0 aromatic carbocycles. The molecule has 0 heterocycles. The largest absolute Gasteiger partial charge is 0.299 e. The molecule has 2 bridgehead atoms. The molecule has 0 unspecified atom stereocenters. The Labute approximate surface area is 67.5 Å². The first-order valence-corrected chi connectivity index (χ1v) is 4.52. The van der Waals surface area contributed by atoms with Crippen LogP contribution < -0.4 is 0 Å². The lowest BCUT2D eigenvalue weighted by Gasteiger charge is -2.14. The summed E-state index contributed by atoms with van der Waals surface area (Å²) in [6.45, 7) is 1.97. The number of carbonyl (C=O) groups is 1. The van der Waals surface area contributed by atoms with Crippen molar-refractivity contribution in [2.45, 2.75) is 26.2 Å². The number of ketones is 1. The first-order valence-electron chi connectivity index (χ1n) is 4.52. The fourth-order valence-electron chi connectivity index (χ4n) is 2.41. The lowest BCUT2D eigenvalue weighted by Crippen LogP contribution is -2.17. The number of rotatable bonds is 2. The monoisotopic (exact) mass is 150 g/mol. The Morgan fingerprint density at radius 1 is 1.45 bits per heavy atom. The molecule has 2 rings (SSSR count). The summed E-state index contributed by atoms with van der Waals surface area (Å²) in [5.41, 5.74) is 0. The van der Waals surface area contributed by atoms with Crippen LogP contribution in [-0.4, -0.2) is 5.78 Å². The van der Waals surface area contributed by atoms with Gasteiger partial charge in [-0.25, -0.2) is 0 Å². The van der Waals surface area contributed by atoms with Crippen molar-refractivity contribution in [3.8, 4) is 0 Å². The summed E-state index contributed by atoms with van der Waals surface area (Å²) in [5.74, 6) is 2.20. The van der Waals surface area contributed by atoms with Crippen LogP contribution in [0.25, 0.3) is 0 Å². The molecule has 0 aliphatic heterocycles. The maximum absolute atomic E-state index is 11.4. The zero-order chi connectivity index (χ0) is 7.84. The molecular weight excluding hydrogens is 136 g/mol. The predicted molar refractivity (Wildman–Crippen MR) is 44.1 cm³/mol.